The molecule has 4 aliphatic carbocycles. The third-order valence-corrected chi connectivity index (χ3v) is 13.2. The monoisotopic (exact) mass is 581 g/mol. The van der Waals surface area contributed by atoms with Crippen LogP contribution in [0.1, 0.15) is 120 Å². The second-order valence-corrected chi connectivity index (χ2v) is 16.1. The van der Waals surface area contributed by atoms with Crippen LogP contribution in [0, 0.1) is 51.2 Å². The van der Waals surface area contributed by atoms with Crippen LogP contribution in [0.3, 0.4) is 0 Å². The Balaban J connectivity index is 1.78. The lowest BCUT2D eigenvalue weighted by Crippen LogP contribution is -2.64. The Hall–Kier alpha value is -1.37. The van der Waals surface area contributed by atoms with Gasteiger partial charge in [-0.2, -0.15) is 13.2 Å². The first-order valence-electron chi connectivity index (χ1n) is 15.9. The van der Waals surface area contributed by atoms with Gasteiger partial charge in [0.05, 0.1) is 11.5 Å². The van der Waals surface area contributed by atoms with Crippen molar-refractivity contribution in [3.05, 3.63) is 11.1 Å². The molecule has 0 spiro atoms. The predicted octanol–water partition coefficient (Wildman–Crippen LogP) is 8.03. The van der Waals surface area contributed by atoms with Gasteiger partial charge >= 0.3 is 6.18 Å². The number of hydrogen-bond donors (Lipinski definition) is 2. The molecule has 0 radical (unpaired) electrons. The molecule has 0 bridgehead atoms. The van der Waals surface area contributed by atoms with Gasteiger partial charge in [0.25, 0.3) is 0 Å². The van der Waals surface area contributed by atoms with Gasteiger partial charge in [-0.05, 0) is 118 Å². The summed E-state index contributed by atoms with van der Waals surface area (Å²) in [4.78, 5) is 26.2. The van der Waals surface area contributed by atoms with Gasteiger partial charge < -0.3 is 15.2 Å². The van der Waals surface area contributed by atoms with E-state index in [0.717, 1.165) is 76.2 Å². The van der Waals surface area contributed by atoms with E-state index in [4.69, 9.17) is 0 Å². The summed E-state index contributed by atoms with van der Waals surface area (Å²) in [7, 11) is 0. The van der Waals surface area contributed by atoms with Gasteiger partial charge in [0.1, 0.15) is 11.8 Å². The van der Waals surface area contributed by atoms with Crippen LogP contribution in [-0.2, 0) is 9.59 Å². The van der Waals surface area contributed by atoms with Gasteiger partial charge in [-0.15, -0.1) is 0 Å². The first kappa shape index (κ1) is 32.5. The van der Waals surface area contributed by atoms with Gasteiger partial charge in [-0.3, -0.25) is 4.79 Å². The minimum absolute atomic E-state index is 0.0318. The Morgan fingerprint density at radius 2 is 1.59 bits per heavy atom. The Bertz CT molecular complexity index is 1080. The van der Waals surface area contributed by atoms with Crippen LogP contribution in [0.15, 0.2) is 11.1 Å². The van der Waals surface area contributed by atoms with Crippen LogP contribution >= 0.6 is 0 Å². The lowest BCUT2D eigenvalue weighted by atomic mass is 9.36. The van der Waals surface area contributed by atoms with Crippen molar-refractivity contribution in [3.63, 3.8) is 0 Å². The topological polar surface area (TPSA) is 66.4 Å². The number of aliphatic hydroxyl groups excluding tert-OH is 1. The van der Waals surface area contributed by atoms with E-state index in [1.165, 1.54) is 0 Å². The van der Waals surface area contributed by atoms with Gasteiger partial charge in [-0.1, -0.05) is 52.7 Å². The molecule has 0 aromatic heterocycles. The van der Waals surface area contributed by atoms with Gasteiger partial charge in [0.15, 0.2) is 0 Å². The number of aliphatic hydroxyl groups is 1. The van der Waals surface area contributed by atoms with Crippen molar-refractivity contribution in [1.82, 2.24) is 5.32 Å². The largest absolute Gasteiger partial charge is 0.410 e. The van der Waals surface area contributed by atoms with Gasteiger partial charge in [-0.25, -0.2) is 0 Å². The molecule has 1 amide bonds. The predicted molar refractivity (Wildman–Crippen MR) is 156 cm³/mol. The fourth-order valence-corrected chi connectivity index (χ4v) is 10.6. The number of aldehydes is 1. The van der Waals surface area contributed by atoms with E-state index in [0.29, 0.717) is 24.2 Å². The summed E-state index contributed by atoms with van der Waals surface area (Å²) in [5.41, 5.74) is -1.67. The summed E-state index contributed by atoms with van der Waals surface area (Å²) in [5, 5.41) is 13.3. The van der Waals surface area contributed by atoms with E-state index in [1.807, 2.05) is 6.92 Å². The van der Waals surface area contributed by atoms with Gasteiger partial charge in [0.2, 0.25) is 5.91 Å². The zero-order valence-corrected chi connectivity index (χ0v) is 26.8. The van der Waals surface area contributed by atoms with Crippen LogP contribution < -0.4 is 5.32 Å². The Kier molecular flexibility index (Phi) is 8.23. The smallest absolute Gasteiger partial charge is 0.393 e. The highest BCUT2D eigenvalue weighted by atomic mass is 19.4. The minimum atomic E-state index is -4.61. The number of carbonyl (C=O) groups excluding carboxylic acids is 2. The van der Waals surface area contributed by atoms with Crippen LogP contribution in [-0.4, -0.2) is 35.1 Å². The van der Waals surface area contributed by atoms with E-state index >= 15 is 0 Å². The third kappa shape index (κ3) is 4.83. The molecule has 4 nitrogen and oxygen atoms in total. The number of fused-ring (bicyclic) bond motifs is 5. The summed E-state index contributed by atoms with van der Waals surface area (Å²) in [6.45, 7) is 17.5. The third-order valence-electron chi connectivity index (χ3n) is 13.2. The van der Waals surface area contributed by atoms with Crippen LogP contribution in [0.25, 0.3) is 0 Å². The Morgan fingerprint density at radius 3 is 2.15 bits per heavy atom. The van der Waals surface area contributed by atoms with Crippen molar-refractivity contribution in [2.75, 3.05) is 0 Å². The highest BCUT2D eigenvalue weighted by Crippen LogP contribution is 2.72. The average Bonchev–Trinajstić information content (AvgIpc) is 2.84. The molecule has 0 aliphatic heterocycles. The van der Waals surface area contributed by atoms with E-state index in [2.05, 4.69) is 46.9 Å². The molecule has 0 saturated heterocycles. The second-order valence-electron chi connectivity index (χ2n) is 16.1. The first-order chi connectivity index (χ1) is 18.7. The van der Waals surface area contributed by atoms with Gasteiger partial charge in [0, 0.05) is 6.42 Å². The van der Waals surface area contributed by atoms with Crippen LogP contribution in [0.5, 0.6) is 0 Å². The maximum absolute atomic E-state index is 14.1. The molecule has 7 heteroatoms. The van der Waals surface area contributed by atoms with E-state index in [-0.39, 0.29) is 40.6 Å². The molecule has 4 saturated carbocycles. The summed E-state index contributed by atoms with van der Waals surface area (Å²) in [5.74, 6) is 0.743. The number of amides is 1. The number of rotatable bonds is 5. The zero-order chi connectivity index (χ0) is 31.0. The summed E-state index contributed by atoms with van der Waals surface area (Å²) < 4.78 is 41.7. The number of allylic oxidation sites excluding steroid dienone is 1. The lowest BCUT2D eigenvalue weighted by Gasteiger charge is -2.69. The fourth-order valence-electron chi connectivity index (χ4n) is 10.6. The number of alkyl halides is 3. The van der Waals surface area contributed by atoms with Crippen molar-refractivity contribution in [2.45, 2.75) is 138 Å². The average molecular weight is 582 g/mol. The molecule has 0 aromatic carbocycles. The van der Waals surface area contributed by atoms with Crippen molar-refractivity contribution in [2.24, 2.45) is 51.2 Å². The molecule has 4 aliphatic rings. The molecule has 0 aromatic rings. The minimum Gasteiger partial charge on any atom is -0.393 e. The highest BCUT2D eigenvalue weighted by Gasteiger charge is 2.66. The first-order valence-corrected chi connectivity index (χ1v) is 15.9. The SMILES string of the molecule is C/C(=C1/C2CCC3[C@@](C)(CCC4C(C)(C)[C@@H](O)CC[C@@]43C)C2CC[C@]1(CC=O)C(=O)NC(C)(C)C(F)(F)F)C(C)C. The molecule has 4 fully saturated rings. The molecular formula is C34H54F3NO3. The number of halogens is 3. The molecule has 8 atom stereocenters. The number of hydrogen-bond acceptors (Lipinski definition) is 3. The summed E-state index contributed by atoms with van der Waals surface area (Å²) in [6.07, 6.45) is 2.67. The number of carbonyl (C=O) groups is 2. The van der Waals surface area contributed by atoms with Crippen molar-refractivity contribution in [1.29, 1.82) is 0 Å². The standard InChI is InChI=1S/C34H54F3NO3/c1-20(2)21(3)27-22-10-11-25-31(8,15-13-24-29(4,5)26(40)14-16-32(24,25)9)23(22)12-17-33(27,18-19-39)28(41)38-30(6,7)34(35,36)37/h19-20,22-26,40H,10-18H2,1-9H3,(H,38,41)/b27-21+/t22?,23?,24?,25?,26-,31-,32-,33+/m0/s1. The van der Waals surface area contributed by atoms with Crippen LogP contribution in [0.4, 0.5) is 13.2 Å². The van der Waals surface area contributed by atoms with Crippen LogP contribution in [0.2, 0.25) is 0 Å². The normalized spacial score (nSPS) is 42.0. The maximum Gasteiger partial charge on any atom is 0.410 e. The van der Waals surface area contributed by atoms with Crippen molar-refractivity contribution >= 4 is 12.2 Å². The molecule has 0 heterocycles. The molecule has 4 rings (SSSR count). The molecule has 2 N–H and O–H groups in total. The number of nitrogens with one attached hydrogen (secondary N) is 1. The highest BCUT2D eigenvalue weighted by molar-refractivity contribution is 5.89. The zero-order valence-electron chi connectivity index (χ0n) is 26.8. The summed E-state index contributed by atoms with van der Waals surface area (Å²) >= 11 is 0. The Labute approximate surface area is 245 Å². The molecular weight excluding hydrogens is 527 g/mol. The quantitative estimate of drug-likeness (QED) is 0.255. The fraction of sp³-hybridized carbons (Fsp3) is 0.882. The molecule has 234 valence electrons. The lowest BCUT2D eigenvalue weighted by molar-refractivity contribution is -0.204. The van der Waals surface area contributed by atoms with Crippen molar-refractivity contribution in [3.8, 4) is 0 Å². The molecule has 4 unspecified atom stereocenters. The Morgan fingerprint density at radius 1 is 0.976 bits per heavy atom. The summed E-state index contributed by atoms with van der Waals surface area (Å²) in [6, 6.07) is 0. The van der Waals surface area contributed by atoms with E-state index in [1.54, 1.807) is 0 Å². The second kappa shape index (κ2) is 10.4. The maximum atomic E-state index is 14.1. The van der Waals surface area contributed by atoms with E-state index in [9.17, 15) is 27.9 Å². The van der Waals surface area contributed by atoms with Crippen molar-refractivity contribution < 1.29 is 27.9 Å². The van der Waals surface area contributed by atoms with E-state index < -0.39 is 23.0 Å². The molecule has 41 heavy (non-hydrogen) atoms.